The Hall–Kier alpha value is -2.08. The van der Waals surface area contributed by atoms with Crippen LogP contribution in [0.2, 0.25) is 0 Å². The van der Waals surface area contributed by atoms with Crippen LogP contribution >= 0.6 is 0 Å². The normalized spacial score (nSPS) is 17.2. The molecule has 112 valence electrons. The lowest BCUT2D eigenvalue weighted by Crippen LogP contribution is -2.25. The third kappa shape index (κ3) is 3.33. The lowest BCUT2D eigenvalue weighted by molar-refractivity contribution is 0.0704. The molecule has 2 heterocycles. The van der Waals surface area contributed by atoms with E-state index in [-0.39, 0.29) is 6.10 Å². The summed E-state index contributed by atoms with van der Waals surface area (Å²) in [5, 5.41) is 11.4. The third-order valence-electron chi connectivity index (χ3n) is 3.16. The maximum Gasteiger partial charge on any atom is 0.260 e. The van der Waals surface area contributed by atoms with Gasteiger partial charge < -0.3 is 19.2 Å². The predicted octanol–water partition coefficient (Wildman–Crippen LogP) is 2.12. The largest absolute Gasteiger partial charge is 0.485 e. The summed E-state index contributed by atoms with van der Waals surface area (Å²) in [6.07, 6.45) is 0.356. The van der Waals surface area contributed by atoms with Crippen LogP contribution < -0.4 is 14.8 Å². The van der Waals surface area contributed by atoms with Crippen molar-refractivity contribution in [2.75, 3.05) is 13.2 Å². The lowest BCUT2D eigenvalue weighted by Gasteiger charge is -2.23. The highest BCUT2D eigenvalue weighted by Crippen LogP contribution is 2.35. The molecule has 0 saturated carbocycles. The van der Waals surface area contributed by atoms with Gasteiger partial charge in [0.2, 0.25) is 12.0 Å². The number of aromatic nitrogens is 2. The molecular weight excluding hydrogens is 270 g/mol. The first kappa shape index (κ1) is 13.9. The molecule has 1 unspecified atom stereocenters. The molecule has 0 saturated heterocycles. The molecule has 1 aromatic heterocycles. The first-order valence-electron chi connectivity index (χ1n) is 7.16. The number of para-hydroxylation sites is 2. The van der Waals surface area contributed by atoms with Crippen molar-refractivity contribution in [3.63, 3.8) is 0 Å². The smallest absolute Gasteiger partial charge is 0.260 e. The fraction of sp³-hybridized carbons (Fsp3) is 0.467. The zero-order chi connectivity index (χ0) is 14.7. The van der Waals surface area contributed by atoms with E-state index in [2.05, 4.69) is 29.4 Å². The first-order valence-corrected chi connectivity index (χ1v) is 7.16. The number of nitrogens with one attached hydrogen (secondary N) is 1. The van der Waals surface area contributed by atoms with Crippen molar-refractivity contribution in [1.29, 1.82) is 0 Å². The van der Waals surface area contributed by atoms with Crippen LogP contribution in [0.1, 0.15) is 31.7 Å². The van der Waals surface area contributed by atoms with Gasteiger partial charge in [0.1, 0.15) is 6.61 Å². The average Bonchev–Trinajstić information content (AvgIpc) is 2.95. The zero-order valence-corrected chi connectivity index (χ0v) is 12.2. The summed E-state index contributed by atoms with van der Waals surface area (Å²) in [5.74, 6) is 2.52. The summed E-state index contributed by atoms with van der Waals surface area (Å²) < 4.78 is 17.1. The number of nitrogens with zero attached hydrogens (tertiary/aromatic N) is 2. The molecular formula is C15H19N3O3. The van der Waals surface area contributed by atoms with E-state index in [1.54, 1.807) is 0 Å². The van der Waals surface area contributed by atoms with E-state index in [0.29, 0.717) is 36.6 Å². The number of rotatable bonds is 5. The van der Waals surface area contributed by atoms with Gasteiger partial charge in [-0.3, -0.25) is 0 Å². The Morgan fingerprint density at radius 2 is 2.05 bits per heavy atom. The first-order chi connectivity index (χ1) is 10.2. The topological polar surface area (TPSA) is 69.4 Å². The van der Waals surface area contributed by atoms with E-state index in [1.165, 1.54) is 0 Å². The average molecular weight is 289 g/mol. The Bertz CT molecular complexity index is 597. The van der Waals surface area contributed by atoms with Crippen molar-refractivity contribution < 1.29 is 13.9 Å². The van der Waals surface area contributed by atoms with Crippen LogP contribution in [0.4, 0.5) is 0 Å². The zero-order valence-electron chi connectivity index (χ0n) is 12.2. The van der Waals surface area contributed by atoms with E-state index >= 15 is 0 Å². The van der Waals surface area contributed by atoms with Crippen molar-refractivity contribution >= 4 is 0 Å². The molecule has 1 N–H and O–H groups in total. The summed E-state index contributed by atoms with van der Waals surface area (Å²) in [4.78, 5) is 0. The number of benzene rings is 1. The number of fused-ring (bicyclic) bond motifs is 1. The minimum absolute atomic E-state index is 0.348. The van der Waals surface area contributed by atoms with Gasteiger partial charge in [0, 0.05) is 19.0 Å². The Labute approximate surface area is 123 Å². The van der Waals surface area contributed by atoms with Crippen LogP contribution in [0.5, 0.6) is 11.5 Å². The van der Waals surface area contributed by atoms with Gasteiger partial charge in [-0.05, 0) is 12.1 Å². The molecule has 6 nitrogen and oxygen atoms in total. The van der Waals surface area contributed by atoms with Crippen molar-refractivity contribution in [1.82, 2.24) is 15.5 Å². The minimum atomic E-state index is -0.348. The third-order valence-corrected chi connectivity index (χ3v) is 3.16. The van der Waals surface area contributed by atoms with Crippen LogP contribution in [-0.4, -0.2) is 29.4 Å². The van der Waals surface area contributed by atoms with E-state index < -0.39 is 0 Å². The van der Waals surface area contributed by atoms with Crippen molar-refractivity contribution in [2.24, 2.45) is 0 Å². The number of hydrogen-bond donors (Lipinski definition) is 1. The molecule has 0 aliphatic carbocycles. The fourth-order valence-corrected chi connectivity index (χ4v) is 2.11. The standard InChI is InChI=1S/C15H19N3O3/c1-10(2)16-8-7-14-17-18-15(21-14)13-9-19-11-5-3-4-6-12(11)20-13/h3-6,10,13,16H,7-9H2,1-2H3. The Morgan fingerprint density at radius 1 is 1.24 bits per heavy atom. The molecule has 0 bridgehead atoms. The van der Waals surface area contributed by atoms with Crippen LogP contribution in [0.15, 0.2) is 28.7 Å². The molecule has 0 fully saturated rings. The van der Waals surface area contributed by atoms with Crippen LogP contribution in [0, 0.1) is 0 Å². The van der Waals surface area contributed by atoms with Gasteiger partial charge in [-0.25, -0.2) is 0 Å². The van der Waals surface area contributed by atoms with Gasteiger partial charge in [-0.2, -0.15) is 0 Å². The monoisotopic (exact) mass is 289 g/mol. The Kier molecular flexibility index (Phi) is 4.06. The van der Waals surface area contributed by atoms with Crippen molar-refractivity contribution in [2.45, 2.75) is 32.4 Å². The number of hydrogen-bond acceptors (Lipinski definition) is 6. The van der Waals surface area contributed by atoms with Crippen LogP contribution in [0.25, 0.3) is 0 Å². The van der Waals surface area contributed by atoms with Gasteiger partial charge in [0.15, 0.2) is 11.5 Å². The summed E-state index contributed by atoms with van der Waals surface area (Å²) in [6.45, 7) is 5.39. The van der Waals surface area contributed by atoms with Crippen molar-refractivity contribution in [3.8, 4) is 11.5 Å². The molecule has 3 rings (SSSR count). The summed E-state index contributed by atoms with van der Waals surface area (Å²) in [6, 6.07) is 8.00. The molecule has 0 spiro atoms. The van der Waals surface area contributed by atoms with Gasteiger partial charge in [0.25, 0.3) is 5.89 Å². The molecule has 0 amide bonds. The molecule has 1 aliphatic heterocycles. The Morgan fingerprint density at radius 3 is 2.86 bits per heavy atom. The second-order valence-corrected chi connectivity index (χ2v) is 5.26. The highest BCUT2D eigenvalue weighted by atomic mass is 16.6. The molecule has 0 radical (unpaired) electrons. The SMILES string of the molecule is CC(C)NCCc1nnc(C2COc3ccccc3O2)o1. The molecule has 1 aromatic carbocycles. The summed E-state index contributed by atoms with van der Waals surface area (Å²) in [7, 11) is 0. The van der Waals surface area contributed by atoms with Crippen LogP contribution in [-0.2, 0) is 6.42 Å². The summed E-state index contributed by atoms with van der Waals surface area (Å²) >= 11 is 0. The van der Waals surface area contributed by atoms with E-state index in [4.69, 9.17) is 13.9 Å². The van der Waals surface area contributed by atoms with Crippen molar-refractivity contribution in [3.05, 3.63) is 36.0 Å². The Balaban J connectivity index is 1.62. The highest BCUT2D eigenvalue weighted by molar-refractivity contribution is 5.40. The maximum absolute atomic E-state index is 5.84. The van der Waals surface area contributed by atoms with Crippen LogP contribution in [0.3, 0.4) is 0 Å². The van der Waals surface area contributed by atoms with Gasteiger partial charge in [-0.1, -0.05) is 26.0 Å². The van der Waals surface area contributed by atoms with Gasteiger partial charge in [0.05, 0.1) is 0 Å². The molecule has 1 atom stereocenters. The molecule has 21 heavy (non-hydrogen) atoms. The van der Waals surface area contributed by atoms with E-state index in [9.17, 15) is 0 Å². The summed E-state index contributed by atoms with van der Waals surface area (Å²) in [5.41, 5.74) is 0. The van der Waals surface area contributed by atoms with Gasteiger partial charge in [-0.15, -0.1) is 10.2 Å². The lowest BCUT2D eigenvalue weighted by atomic mass is 10.2. The van der Waals surface area contributed by atoms with Gasteiger partial charge >= 0.3 is 0 Å². The van der Waals surface area contributed by atoms with E-state index in [0.717, 1.165) is 12.3 Å². The maximum atomic E-state index is 5.84. The molecule has 2 aromatic rings. The van der Waals surface area contributed by atoms with E-state index in [1.807, 2.05) is 24.3 Å². The number of ether oxygens (including phenoxy) is 2. The quantitative estimate of drug-likeness (QED) is 0.909. The highest BCUT2D eigenvalue weighted by Gasteiger charge is 2.27. The second kappa shape index (κ2) is 6.13. The second-order valence-electron chi connectivity index (χ2n) is 5.26. The minimum Gasteiger partial charge on any atom is -0.485 e. The molecule has 1 aliphatic rings. The fourth-order valence-electron chi connectivity index (χ4n) is 2.11. The molecule has 6 heteroatoms. The predicted molar refractivity (Wildman–Crippen MR) is 76.4 cm³/mol.